The van der Waals surface area contributed by atoms with Gasteiger partial charge in [-0.3, -0.25) is 9.59 Å². The molecule has 0 aromatic heterocycles. The minimum Gasteiger partial charge on any atom is -0.493 e. The van der Waals surface area contributed by atoms with E-state index in [2.05, 4.69) is 10.6 Å². The van der Waals surface area contributed by atoms with Crippen molar-refractivity contribution in [3.63, 3.8) is 0 Å². The Labute approximate surface area is 146 Å². The molecular weight excluding hydrogens is 334 g/mol. The molecule has 2 aliphatic carbocycles. The minimum absolute atomic E-state index is 0. The number of nitrogens with one attached hydrogen (secondary N) is 2. The van der Waals surface area contributed by atoms with Crippen LogP contribution in [0.5, 0.6) is 11.5 Å². The van der Waals surface area contributed by atoms with E-state index in [1.54, 1.807) is 18.2 Å². The Morgan fingerprint density at radius 3 is 2.58 bits per heavy atom. The predicted molar refractivity (Wildman–Crippen MR) is 91.7 cm³/mol. The molecule has 0 saturated heterocycles. The number of anilines is 1. The molecule has 2 fully saturated rings. The number of ether oxygens (including phenoxy) is 2. The van der Waals surface area contributed by atoms with Crippen LogP contribution in [0, 0.1) is 0 Å². The Bertz CT molecular complexity index is 630. The van der Waals surface area contributed by atoms with E-state index in [-0.39, 0.29) is 36.9 Å². The lowest BCUT2D eigenvalue weighted by atomic mass is 10.2. The number of rotatable bonds is 7. The van der Waals surface area contributed by atoms with E-state index in [1.165, 1.54) is 7.11 Å². The van der Waals surface area contributed by atoms with E-state index in [0.29, 0.717) is 30.0 Å². The maximum absolute atomic E-state index is 12.0. The predicted octanol–water partition coefficient (Wildman–Crippen LogP) is 1.20. The maximum Gasteiger partial charge on any atom is 0.258 e. The van der Waals surface area contributed by atoms with Gasteiger partial charge in [0, 0.05) is 17.8 Å². The van der Waals surface area contributed by atoms with Gasteiger partial charge in [0.15, 0.2) is 18.1 Å². The zero-order valence-electron chi connectivity index (χ0n) is 13.5. The Morgan fingerprint density at radius 2 is 2.00 bits per heavy atom. The van der Waals surface area contributed by atoms with Crippen LogP contribution < -0.4 is 25.8 Å². The van der Waals surface area contributed by atoms with Gasteiger partial charge < -0.3 is 25.8 Å². The van der Waals surface area contributed by atoms with Crippen molar-refractivity contribution in [3.8, 4) is 11.5 Å². The molecule has 0 atom stereocenters. The van der Waals surface area contributed by atoms with Gasteiger partial charge in [0.1, 0.15) is 0 Å². The van der Waals surface area contributed by atoms with Crippen LogP contribution in [-0.2, 0) is 9.59 Å². The smallest absolute Gasteiger partial charge is 0.258 e. The van der Waals surface area contributed by atoms with E-state index in [4.69, 9.17) is 15.2 Å². The SMILES string of the molecule is COc1ccc(NC(=O)C2(N)CC2)cc1OCC(=O)NC1CC1.Cl. The third-order valence-electron chi connectivity index (χ3n) is 3.96. The van der Waals surface area contributed by atoms with Gasteiger partial charge >= 0.3 is 0 Å². The number of carbonyl (C=O) groups excluding carboxylic acids is 2. The molecular formula is C16H22ClN3O4. The van der Waals surface area contributed by atoms with Gasteiger partial charge in [-0.15, -0.1) is 12.4 Å². The number of amides is 2. The fourth-order valence-electron chi connectivity index (χ4n) is 2.12. The first-order valence-electron chi connectivity index (χ1n) is 7.71. The highest BCUT2D eigenvalue weighted by molar-refractivity contribution is 6.00. The summed E-state index contributed by atoms with van der Waals surface area (Å²) in [5, 5.41) is 5.61. The van der Waals surface area contributed by atoms with Crippen LogP contribution in [0.1, 0.15) is 25.7 Å². The molecule has 24 heavy (non-hydrogen) atoms. The number of nitrogens with two attached hydrogens (primary N) is 1. The molecule has 2 saturated carbocycles. The molecule has 0 unspecified atom stereocenters. The van der Waals surface area contributed by atoms with Gasteiger partial charge in [-0.25, -0.2) is 0 Å². The monoisotopic (exact) mass is 355 g/mol. The standard InChI is InChI=1S/C16H21N3O4.ClH/c1-22-12-5-4-11(19-15(21)16(17)6-7-16)8-13(12)23-9-14(20)18-10-2-3-10;/h4-5,8,10H,2-3,6-7,9,17H2,1H3,(H,18,20)(H,19,21);1H. The fourth-order valence-corrected chi connectivity index (χ4v) is 2.12. The van der Waals surface area contributed by atoms with Crippen LogP contribution in [0.15, 0.2) is 18.2 Å². The summed E-state index contributed by atoms with van der Waals surface area (Å²) in [6, 6.07) is 5.31. The van der Waals surface area contributed by atoms with Crippen molar-refractivity contribution in [2.24, 2.45) is 5.73 Å². The van der Waals surface area contributed by atoms with Crippen molar-refractivity contribution in [3.05, 3.63) is 18.2 Å². The highest BCUT2D eigenvalue weighted by atomic mass is 35.5. The molecule has 0 radical (unpaired) electrons. The van der Waals surface area contributed by atoms with Crippen molar-refractivity contribution in [1.82, 2.24) is 5.32 Å². The highest BCUT2D eigenvalue weighted by Crippen LogP contribution is 2.35. The summed E-state index contributed by atoms with van der Waals surface area (Å²) in [4.78, 5) is 23.7. The molecule has 0 bridgehead atoms. The Morgan fingerprint density at radius 1 is 1.29 bits per heavy atom. The van der Waals surface area contributed by atoms with E-state index in [1.807, 2.05) is 0 Å². The van der Waals surface area contributed by atoms with Gasteiger partial charge in [0.05, 0.1) is 12.6 Å². The maximum atomic E-state index is 12.0. The van der Waals surface area contributed by atoms with Crippen LogP contribution >= 0.6 is 12.4 Å². The molecule has 7 nitrogen and oxygen atoms in total. The van der Waals surface area contributed by atoms with Crippen molar-refractivity contribution in [1.29, 1.82) is 0 Å². The molecule has 1 aromatic rings. The van der Waals surface area contributed by atoms with Gasteiger partial charge in [0.2, 0.25) is 5.91 Å². The average Bonchev–Trinajstić information content (AvgIpc) is 3.44. The molecule has 3 rings (SSSR count). The summed E-state index contributed by atoms with van der Waals surface area (Å²) in [5.41, 5.74) is 5.68. The lowest BCUT2D eigenvalue weighted by Crippen LogP contribution is -2.37. The number of methoxy groups -OCH3 is 1. The summed E-state index contributed by atoms with van der Waals surface area (Å²) in [7, 11) is 1.52. The van der Waals surface area contributed by atoms with Crippen molar-refractivity contribution in [2.45, 2.75) is 37.3 Å². The number of hydrogen-bond acceptors (Lipinski definition) is 5. The molecule has 8 heteroatoms. The highest BCUT2D eigenvalue weighted by Gasteiger charge is 2.45. The van der Waals surface area contributed by atoms with Crippen molar-refractivity contribution >= 4 is 29.9 Å². The molecule has 0 spiro atoms. The third-order valence-corrected chi connectivity index (χ3v) is 3.96. The quantitative estimate of drug-likeness (QED) is 0.682. The van der Waals surface area contributed by atoms with E-state index in [0.717, 1.165) is 12.8 Å². The Kier molecular flexibility index (Phi) is 5.56. The number of hydrogen-bond donors (Lipinski definition) is 3. The fraction of sp³-hybridized carbons (Fsp3) is 0.500. The van der Waals surface area contributed by atoms with Gasteiger partial charge in [-0.1, -0.05) is 0 Å². The molecule has 2 amide bonds. The molecule has 2 aliphatic rings. The molecule has 4 N–H and O–H groups in total. The van der Waals surface area contributed by atoms with Gasteiger partial charge in [-0.2, -0.15) is 0 Å². The molecule has 1 aromatic carbocycles. The van der Waals surface area contributed by atoms with Crippen LogP contribution in [0.3, 0.4) is 0 Å². The Hall–Kier alpha value is -1.99. The second kappa shape index (κ2) is 7.27. The number of halogens is 1. The normalized spacial score (nSPS) is 17.2. The summed E-state index contributed by atoms with van der Waals surface area (Å²) in [5.74, 6) is 0.525. The van der Waals surface area contributed by atoms with E-state index in [9.17, 15) is 9.59 Å². The zero-order chi connectivity index (χ0) is 16.4. The summed E-state index contributed by atoms with van der Waals surface area (Å²) in [6.45, 7) is -0.0922. The summed E-state index contributed by atoms with van der Waals surface area (Å²) in [6.07, 6.45) is 3.44. The molecule has 132 valence electrons. The van der Waals surface area contributed by atoms with Crippen LogP contribution in [-0.4, -0.2) is 37.1 Å². The van der Waals surface area contributed by atoms with E-state index < -0.39 is 5.54 Å². The first kappa shape index (κ1) is 18.4. The molecule has 0 aliphatic heterocycles. The lowest BCUT2D eigenvalue weighted by molar-refractivity contribution is -0.123. The number of benzene rings is 1. The lowest BCUT2D eigenvalue weighted by Gasteiger charge is -2.14. The van der Waals surface area contributed by atoms with Crippen molar-refractivity contribution in [2.75, 3.05) is 19.0 Å². The average molecular weight is 356 g/mol. The Balaban J connectivity index is 0.00000208. The first-order chi connectivity index (χ1) is 11.0. The van der Waals surface area contributed by atoms with Crippen LogP contribution in [0.4, 0.5) is 5.69 Å². The molecule has 0 heterocycles. The second-order valence-electron chi connectivity index (χ2n) is 6.11. The van der Waals surface area contributed by atoms with E-state index >= 15 is 0 Å². The largest absolute Gasteiger partial charge is 0.493 e. The zero-order valence-corrected chi connectivity index (χ0v) is 14.3. The minimum atomic E-state index is -0.745. The third kappa shape index (κ3) is 4.52. The summed E-state index contributed by atoms with van der Waals surface area (Å²) < 4.78 is 10.7. The topological polar surface area (TPSA) is 103 Å². The van der Waals surface area contributed by atoms with Gasteiger partial charge in [0.25, 0.3) is 5.91 Å². The summed E-state index contributed by atoms with van der Waals surface area (Å²) >= 11 is 0. The van der Waals surface area contributed by atoms with Crippen LogP contribution in [0.25, 0.3) is 0 Å². The second-order valence-corrected chi connectivity index (χ2v) is 6.11. The van der Waals surface area contributed by atoms with Crippen LogP contribution in [0.2, 0.25) is 0 Å². The van der Waals surface area contributed by atoms with Gasteiger partial charge in [-0.05, 0) is 37.8 Å². The van der Waals surface area contributed by atoms with Crippen molar-refractivity contribution < 1.29 is 19.1 Å². The first-order valence-corrected chi connectivity index (χ1v) is 7.71. The number of carbonyl (C=O) groups is 2.